The molecule has 2 heterocycles. The molecule has 0 atom stereocenters. The second-order valence-electron chi connectivity index (χ2n) is 5.34. The number of rotatable bonds is 3. The number of nitrogens with one attached hydrogen (secondary N) is 1. The molecule has 1 aromatic carbocycles. The number of para-hydroxylation sites is 1. The molecule has 0 unspecified atom stereocenters. The van der Waals surface area contributed by atoms with E-state index in [1.54, 1.807) is 0 Å². The third-order valence-electron chi connectivity index (χ3n) is 4.00. The number of nitrogens with zero attached hydrogens (tertiary/aromatic N) is 1. The van der Waals surface area contributed by atoms with Crippen molar-refractivity contribution in [1.82, 2.24) is 10.3 Å². The first kappa shape index (κ1) is 15.6. The zero-order valence-electron chi connectivity index (χ0n) is 11.4. The van der Waals surface area contributed by atoms with Gasteiger partial charge in [0.15, 0.2) is 0 Å². The van der Waals surface area contributed by atoms with E-state index in [-0.39, 0.29) is 12.4 Å². The number of halogens is 2. The molecule has 4 heteroatoms. The van der Waals surface area contributed by atoms with Crippen molar-refractivity contribution in [3.05, 3.63) is 41.0 Å². The number of fused-ring (bicyclic) bond motifs is 1. The van der Waals surface area contributed by atoms with E-state index in [1.807, 2.05) is 18.2 Å². The van der Waals surface area contributed by atoms with Crippen molar-refractivity contribution in [3.63, 3.8) is 0 Å². The smallest absolute Gasteiger partial charge is 0.0706 e. The topological polar surface area (TPSA) is 24.9 Å². The summed E-state index contributed by atoms with van der Waals surface area (Å²) in [4.78, 5) is 4.71. The SMILES string of the molecule is Cl.Clc1cc2ccccc2nc1CCC1CCNCC1. The maximum Gasteiger partial charge on any atom is 0.0706 e. The molecule has 0 bridgehead atoms. The lowest BCUT2D eigenvalue weighted by Gasteiger charge is -2.22. The summed E-state index contributed by atoms with van der Waals surface area (Å²) in [5, 5.41) is 5.34. The molecule has 3 rings (SSSR count). The molecule has 1 saturated heterocycles. The van der Waals surface area contributed by atoms with Crippen LogP contribution < -0.4 is 5.32 Å². The summed E-state index contributed by atoms with van der Waals surface area (Å²) in [5.74, 6) is 0.825. The highest BCUT2D eigenvalue weighted by Gasteiger charge is 2.14. The van der Waals surface area contributed by atoms with Gasteiger partial charge in [-0.25, -0.2) is 0 Å². The van der Waals surface area contributed by atoms with Crippen molar-refractivity contribution in [2.75, 3.05) is 13.1 Å². The van der Waals surface area contributed by atoms with E-state index in [0.29, 0.717) is 0 Å². The minimum atomic E-state index is 0. The van der Waals surface area contributed by atoms with Gasteiger partial charge in [-0.1, -0.05) is 29.8 Å². The van der Waals surface area contributed by atoms with Crippen LogP contribution >= 0.6 is 24.0 Å². The summed E-state index contributed by atoms with van der Waals surface area (Å²) in [6, 6.07) is 10.2. The van der Waals surface area contributed by atoms with Gasteiger partial charge in [0.25, 0.3) is 0 Å². The normalized spacial score (nSPS) is 16.1. The number of piperidine rings is 1. The predicted octanol–water partition coefficient (Wildman–Crippen LogP) is 4.24. The largest absolute Gasteiger partial charge is 0.317 e. The van der Waals surface area contributed by atoms with Gasteiger partial charge in [0.05, 0.1) is 16.2 Å². The van der Waals surface area contributed by atoms with Crippen LogP contribution in [0.2, 0.25) is 5.02 Å². The molecule has 1 aliphatic heterocycles. The Morgan fingerprint density at radius 3 is 2.75 bits per heavy atom. The molecule has 1 aliphatic rings. The van der Waals surface area contributed by atoms with Gasteiger partial charge in [-0.2, -0.15) is 0 Å². The molecule has 0 radical (unpaired) electrons. The fraction of sp³-hybridized carbons (Fsp3) is 0.438. The average Bonchev–Trinajstić information content (AvgIpc) is 2.46. The Morgan fingerprint density at radius 1 is 1.20 bits per heavy atom. The van der Waals surface area contributed by atoms with Crippen molar-refractivity contribution < 1.29 is 0 Å². The van der Waals surface area contributed by atoms with Crippen LogP contribution in [0.15, 0.2) is 30.3 Å². The van der Waals surface area contributed by atoms with Crippen LogP contribution in [-0.2, 0) is 6.42 Å². The molecular weight excluding hydrogens is 291 g/mol. The second-order valence-corrected chi connectivity index (χ2v) is 5.75. The third kappa shape index (κ3) is 3.63. The summed E-state index contributed by atoms with van der Waals surface area (Å²) in [7, 11) is 0. The summed E-state index contributed by atoms with van der Waals surface area (Å²) in [6.07, 6.45) is 4.76. The fourth-order valence-electron chi connectivity index (χ4n) is 2.82. The minimum Gasteiger partial charge on any atom is -0.317 e. The third-order valence-corrected chi connectivity index (χ3v) is 4.33. The molecular formula is C16H20Cl2N2. The molecule has 0 aliphatic carbocycles. The van der Waals surface area contributed by atoms with Gasteiger partial charge in [0.1, 0.15) is 0 Å². The Hall–Kier alpha value is -0.830. The first-order chi connectivity index (χ1) is 9.33. The lowest BCUT2D eigenvalue weighted by molar-refractivity contribution is 0.353. The molecule has 0 saturated carbocycles. The van der Waals surface area contributed by atoms with Gasteiger partial charge in [0, 0.05) is 5.39 Å². The Morgan fingerprint density at radius 2 is 1.95 bits per heavy atom. The van der Waals surface area contributed by atoms with E-state index in [9.17, 15) is 0 Å². The van der Waals surface area contributed by atoms with Crippen LogP contribution in [-0.4, -0.2) is 18.1 Å². The lowest BCUT2D eigenvalue weighted by atomic mass is 9.92. The van der Waals surface area contributed by atoms with Crippen LogP contribution in [0.1, 0.15) is 25.0 Å². The molecule has 2 nitrogen and oxygen atoms in total. The van der Waals surface area contributed by atoms with Gasteiger partial charge in [-0.3, -0.25) is 4.98 Å². The van der Waals surface area contributed by atoms with E-state index in [2.05, 4.69) is 17.4 Å². The molecule has 0 spiro atoms. The van der Waals surface area contributed by atoms with Crippen LogP contribution in [0.5, 0.6) is 0 Å². The first-order valence-electron chi connectivity index (χ1n) is 7.08. The quantitative estimate of drug-likeness (QED) is 0.917. The monoisotopic (exact) mass is 310 g/mol. The van der Waals surface area contributed by atoms with Gasteiger partial charge >= 0.3 is 0 Å². The van der Waals surface area contributed by atoms with Crippen molar-refractivity contribution >= 4 is 34.9 Å². The van der Waals surface area contributed by atoms with Crippen molar-refractivity contribution in [1.29, 1.82) is 0 Å². The zero-order chi connectivity index (χ0) is 13.1. The van der Waals surface area contributed by atoms with Gasteiger partial charge < -0.3 is 5.32 Å². The Kier molecular flexibility index (Phi) is 5.64. The van der Waals surface area contributed by atoms with E-state index >= 15 is 0 Å². The molecule has 1 aromatic heterocycles. The predicted molar refractivity (Wildman–Crippen MR) is 87.9 cm³/mol. The summed E-state index contributed by atoms with van der Waals surface area (Å²) < 4.78 is 0. The Bertz CT molecular complexity index is 565. The lowest BCUT2D eigenvalue weighted by Crippen LogP contribution is -2.27. The van der Waals surface area contributed by atoms with Crippen LogP contribution in [0.4, 0.5) is 0 Å². The molecule has 2 aromatic rings. The van der Waals surface area contributed by atoms with Gasteiger partial charge in [0.2, 0.25) is 0 Å². The average molecular weight is 311 g/mol. The Balaban J connectivity index is 0.00000147. The van der Waals surface area contributed by atoms with Gasteiger partial charge in [-0.15, -0.1) is 12.4 Å². The van der Waals surface area contributed by atoms with Crippen molar-refractivity contribution in [2.45, 2.75) is 25.7 Å². The van der Waals surface area contributed by atoms with Gasteiger partial charge in [-0.05, 0) is 56.8 Å². The van der Waals surface area contributed by atoms with E-state index in [1.165, 1.54) is 19.3 Å². The van der Waals surface area contributed by atoms with Crippen LogP contribution in [0.25, 0.3) is 10.9 Å². The summed E-state index contributed by atoms with van der Waals surface area (Å²) >= 11 is 6.35. The molecule has 20 heavy (non-hydrogen) atoms. The summed E-state index contributed by atoms with van der Waals surface area (Å²) in [6.45, 7) is 2.31. The number of benzene rings is 1. The minimum absolute atomic E-state index is 0. The van der Waals surface area contributed by atoms with E-state index < -0.39 is 0 Å². The highest BCUT2D eigenvalue weighted by atomic mass is 35.5. The number of pyridine rings is 1. The number of aromatic nitrogens is 1. The maximum absolute atomic E-state index is 6.35. The number of hydrogen-bond donors (Lipinski definition) is 1. The van der Waals surface area contributed by atoms with E-state index in [4.69, 9.17) is 16.6 Å². The molecule has 108 valence electrons. The highest BCUT2D eigenvalue weighted by Crippen LogP contribution is 2.24. The highest BCUT2D eigenvalue weighted by molar-refractivity contribution is 6.31. The molecule has 1 fully saturated rings. The van der Waals surface area contributed by atoms with Crippen molar-refractivity contribution in [3.8, 4) is 0 Å². The van der Waals surface area contributed by atoms with Crippen LogP contribution in [0.3, 0.4) is 0 Å². The number of hydrogen-bond acceptors (Lipinski definition) is 2. The Labute approximate surface area is 131 Å². The second kappa shape index (κ2) is 7.26. The zero-order valence-corrected chi connectivity index (χ0v) is 13.0. The fourth-order valence-corrected chi connectivity index (χ4v) is 3.07. The first-order valence-corrected chi connectivity index (χ1v) is 7.45. The molecule has 0 amide bonds. The van der Waals surface area contributed by atoms with E-state index in [0.717, 1.165) is 47.0 Å². The summed E-state index contributed by atoms with van der Waals surface area (Å²) in [5.41, 5.74) is 2.10. The maximum atomic E-state index is 6.35. The molecule has 1 N–H and O–H groups in total. The number of aryl methyl sites for hydroxylation is 1. The van der Waals surface area contributed by atoms with Crippen LogP contribution in [0, 0.1) is 5.92 Å². The standard InChI is InChI=1S/C16H19ClN2.ClH/c17-14-11-13-3-1-2-4-15(13)19-16(14)6-5-12-7-9-18-10-8-12;/h1-4,11-12,18H,5-10H2;1H. The van der Waals surface area contributed by atoms with Crippen molar-refractivity contribution in [2.24, 2.45) is 5.92 Å².